The second-order valence-electron chi connectivity index (χ2n) is 8.13. The molecule has 0 radical (unpaired) electrons. The van der Waals surface area contributed by atoms with E-state index in [9.17, 15) is 4.79 Å². The quantitative estimate of drug-likeness (QED) is 0.324. The number of nitrogens with one attached hydrogen (secondary N) is 2. The van der Waals surface area contributed by atoms with Crippen LogP contribution in [0.1, 0.15) is 5.56 Å². The summed E-state index contributed by atoms with van der Waals surface area (Å²) >= 11 is 1.35. The van der Waals surface area contributed by atoms with Gasteiger partial charge in [0.25, 0.3) is 0 Å². The number of carbonyl (C=O) groups excluding carboxylic acids is 1. The molecule has 0 aliphatic rings. The van der Waals surface area contributed by atoms with Gasteiger partial charge in [-0.3, -0.25) is 9.20 Å². The fourth-order valence-corrected chi connectivity index (χ4v) is 4.71. The Labute approximate surface area is 205 Å². The van der Waals surface area contributed by atoms with Gasteiger partial charge in [-0.05, 0) is 31.2 Å². The molecule has 35 heavy (non-hydrogen) atoms. The van der Waals surface area contributed by atoms with Crippen LogP contribution in [0.15, 0.2) is 90.1 Å². The summed E-state index contributed by atoms with van der Waals surface area (Å²) in [6, 6.07) is 27.7. The molecular weight excluding hydrogens is 458 g/mol. The van der Waals surface area contributed by atoms with Crippen LogP contribution in [0.4, 0.5) is 5.82 Å². The number of thioether (sulfide) groups is 1. The second-order valence-corrected chi connectivity index (χ2v) is 9.07. The van der Waals surface area contributed by atoms with E-state index in [4.69, 9.17) is 5.10 Å². The number of anilines is 1. The van der Waals surface area contributed by atoms with Crippen molar-refractivity contribution in [2.45, 2.75) is 12.1 Å². The van der Waals surface area contributed by atoms with Gasteiger partial charge in [0.05, 0.1) is 28.2 Å². The Balaban J connectivity index is 1.26. The van der Waals surface area contributed by atoms with Crippen molar-refractivity contribution >= 4 is 40.3 Å². The van der Waals surface area contributed by atoms with Gasteiger partial charge in [-0.2, -0.15) is 5.10 Å². The molecule has 3 aromatic carbocycles. The Hall–Kier alpha value is -4.37. The molecule has 3 heterocycles. The molecule has 3 aromatic heterocycles. The van der Waals surface area contributed by atoms with Crippen molar-refractivity contribution in [3.63, 3.8) is 0 Å². The van der Waals surface area contributed by atoms with Crippen LogP contribution < -0.4 is 5.32 Å². The Kier molecular flexibility index (Phi) is 5.31. The number of imidazole rings is 1. The fourth-order valence-electron chi connectivity index (χ4n) is 3.95. The van der Waals surface area contributed by atoms with Crippen molar-refractivity contribution < 1.29 is 4.79 Å². The van der Waals surface area contributed by atoms with Crippen molar-refractivity contribution in [1.29, 1.82) is 0 Å². The van der Waals surface area contributed by atoms with Gasteiger partial charge >= 0.3 is 0 Å². The van der Waals surface area contributed by atoms with E-state index in [2.05, 4.69) is 39.6 Å². The van der Waals surface area contributed by atoms with Crippen LogP contribution in [0.5, 0.6) is 0 Å². The number of carbonyl (C=O) groups is 1. The summed E-state index contributed by atoms with van der Waals surface area (Å²) in [6.45, 7) is 2.05. The molecule has 0 aliphatic heterocycles. The Morgan fingerprint density at radius 2 is 1.77 bits per heavy atom. The number of rotatable bonds is 6. The highest BCUT2D eigenvalue weighted by atomic mass is 32.2. The zero-order valence-electron chi connectivity index (χ0n) is 18.8. The first-order valence-electron chi connectivity index (χ1n) is 11.1. The van der Waals surface area contributed by atoms with E-state index in [1.807, 2.05) is 77.2 Å². The molecule has 172 valence electrons. The van der Waals surface area contributed by atoms with Gasteiger partial charge in [-0.15, -0.1) is 5.10 Å². The normalized spacial score (nSPS) is 11.3. The van der Waals surface area contributed by atoms with Crippen molar-refractivity contribution in [2.24, 2.45) is 0 Å². The number of para-hydroxylation sites is 3. The maximum atomic E-state index is 13.0. The van der Waals surface area contributed by atoms with Gasteiger partial charge < -0.3 is 5.32 Å². The van der Waals surface area contributed by atoms with Gasteiger partial charge in [-0.25, -0.2) is 14.8 Å². The molecule has 6 aromatic rings. The Bertz CT molecular complexity index is 1650. The SMILES string of the molecule is Cc1ccc(-c2cc(NC(=O)CSc3n[nH]c4nc5ccccc5n34)n(-c3ccccc3)n2)cc1. The summed E-state index contributed by atoms with van der Waals surface area (Å²) < 4.78 is 3.69. The predicted molar refractivity (Wildman–Crippen MR) is 138 cm³/mol. The lowest BCUT2D eigenvalue weighted by Gasteiger charge is -2.08. The van der Waals surface area contributed by atoms with E-state index in [0.29, 0.717) is 16.8 Å². The lowest BCUT2D eigenvalue weighted by Crippen LogP contribution is -2.17. The number of aromatic nitrogens is 6. The van der Waals surface area contributed by atoms with Gasteiger partial charge in [0.15, 0.2) is 5.16 Å². The first-order valence-corrected chi connectivity index (χ1v) is 12.1. The van der Waals surface area contributed by atoms with Crippen molar-refractivity contribution in [3.8, 4) is 16.9 Å². The van der Waals surface area contributed by atoms with Crippen LogP contribution in [0, 0.1) is 6.92 Å². The van der Waals surface area contributed by atoms with E-state index in [-0.39, 0.29) is 11.7 Å². The highest BCUT2D eigenvalue weighted by Gasteiger charge is 2.16. The van der Waals surface area contributed by atoms with Crippen LogP contribution in [0.3, 0.4) is 0 Å². The fraction of sp³-hybridized carbons (Fsp3) is 0.0769. The van der Waals surface area contributed by atoms with Crippen molar-refractivity contribution in [3.05, 3.63) is 90.5 Å². The molecule has 8 nitrogen and oxygen atoms in total. The summed E-state index contributed by atoms with van der Waals surface area (Å²) in [5, 5.41) is 15.8. The third kappa shape index (κ3) is 4.06. The summed E-state index contributed by atoms with van der Waals surface area (Å²) in [4.78, 5) is 17.5. The molecule has 6 rings (SSSR count). The molecule has 0 saturated carbocycles. The standard InChI is InChI=1S/C26H21N7OS/c1-17-11-13-18(14-12-17)21-15-23(33(31-21)19-7-3-2-4-8-19)28-24(34)16-35-26-30-29-25-27-20-9-5-6-10-22(20)32(25)26/h2-15H,16H2,1H3,(H,27,29)(H,28,34). The first kappa shape index (κ1) is 21.2. The largest absolute Gasteiger partial charge is 0.310 e. The highest BCUT2D eigenvalue weighted by molar-refractivity contribution is 7.99. The third-order valence-electron chi connectivity index (χ3n) is 5.66. The minimum absolute atomic E-state index is 0.150. The first-order chi connectivity index (χ1) is 17.2. The molecule has 9 heteroatoms. The van der Waals surface area contributed by atoms with Gasteiger partial charge in [0.1, 0.15) is 5.82 Å². The number of amides is 1. The number of benzene rings is 3. The number of aromatic amines is 1. The van der Waals surface area contributed by atoms with Crippen LogP contribution in [-0.2, 0) is 4.79 Å². The summed E-state index contributed by atoms with van der Waals surface area (Å²) in [5.41, 5.74) is 5.65. The summed E-state index contributed by atoms with van der Waals surface area (Å²) in [7, 11) is 0. The smallest absolute Gasteiger partial charge is 0.236 e. The molecular formula is C26H21N7OS. The number of nitrogens with zero attached hydrogens (tertiary/aromatic N) is 5. The number of hydrogen-bond acceptors (Lipinski definition) is 5. The summed E-state index contributed by atoms with van der Waals surface area (Å²) in [5.74, 6) is 1.30. The average molecular weight is 480 g/mol. The lowest BCUT2D eigenvalue weighted by atomic mass is 10.1. The van der Waals surface area contributed by atoms with Crippen LogP contribution >= 0.6 is 11.8 Å². The number of aryl methyl sites for hydroxylation is 1. The van der Waals surface area contributed by atoms with E-state index in [1.165, 1.54) is 17.3 Å². The maximum Gasteiger partial charge on any atom is 0.236 e. The molecule has 2 N–H and O–H groups in total. The predicted octanol–water partition coefficient (Wildman–Crippen LogP) is 5.10. The molecule has 0 bridgehead atoms. The van der Waals surface area contributed by atoms with E-state index in [0.717, 1.165) is 28.0 Å². The Morgan fingerprint density at radius 3 is 2.60 bits per heavy atom. The number of hydrogen-bond donors (Lipinski definition) is 2. The average Bonchev–Trinajstić information content (AvgIpc) is 3.58. The van der Waals surface area contributed by atoms with Gasteiger partial charge in [0, 0.05) is 11.6 Å². The zero-order valence-corrected chi connectivity index (χ0v) is 19.7. The molecule has 0 unspecified atom stereocenters. The maximum absolute atomic E-state index is 13.0. The van der Waals surface area contributed by atoms with Gasteiger partial charge in [-0.1, -0.05) is 71.9 Å². The molecule has 1 amide bonds. The minimum atomic E-state index is -0.150. The van der Waals surface area contributed by atoms with Crippen LogP contribution in [0.2, 0.25) is 0 Å². The molecule has 0 saturated heterocycles. The van der Waals surface area contributed by atoms with Crippen molar-refractivity contribution in [1.82, 2.24) is 29.4 Å². The van der Waals surface area contributed by atoms with Crippen molar-refractivity contribution in [2.75, 3.05) is 11.1 Å². The molecule has 0 atom stereocenters. The monoisotopic (exact) mass is 479 g/mol. The zero-order chi connectivity index (χ0) is 23.8. The third-order valence-corrected chi connectivity index (χ3v) is 6.60. The Morgan fingerprint density at radius 1 is 1.00 bits per heavy atom. The molecule has 0 aliphatic carbocycles. The van der Waals surface area contributed by atoms with E-state index < -0.39 is 0 Å². The second kappa shape index (κ2) is 8.77. The van der Waals surface area contributed by atoms with Crippen LogP contribution in [-0.4, -0.2) is 41.0 Å². The van der Waals surface area contributed by atoms with Crippen LogP contribution in [0.25, 0.3) is 33.8 Å². The van der Waals surface area contributed by atoms with E-state index >= 15 is 0 Å². The van der Waals surface area contributed by atoms with E-state index in [1.54, 1.807) is 4.68 Å². The molecule has 0 spiro atoms. The highest BCUT2D eigenvalue weighted by Crippen LogP contribution is 2.26. The lowest BCUT2D eigenvalue weighted by molar-refractivity contribution is -0.113. The van der Waals surface area contributed by atoms with Gasteiger partial charge in [0.2, 0.25) is 11.7 Å². The minimum Gasteiger partial charge on any atom is -0.310 e. The molecule has 0 fully saturated rings. The topological polar surface area (TPSA) is 92.9 Å². The number of H-pyrrole nitrogens is 1. The summed E-state index contributed by atoms with van der Waals surface area (Å²) in [6.07, 6.45) is 0. The number of fused-ring (bicyclic) bond motifs is 3.